The third kappa shape index (κ3) is 5.04. The molecule has 0 aromatic heterocycles. The van der Waals surface area contributed by atoms with E-state index >= 15 is 0 Å². The molecule has 1 aliphatic carbocycles. The second-order valence-electron chi connectivity index (χ2n) is 7.29. The summed E-state index contributed by atoms with van der Waals surface area (Å²) in [6.45, 7) is 0.687. The monoisotopic (exact) mass is 488 g/mol. The van der Waals surface area contributed by atoms with E-state index in [4.69, 9.17) is 27.9 Å². The Morgan fingerprint density at radius 3 is 2.37 bits per heavy atom. The minimum Gasteiger partial charge on any atom is -0.379 e. The number of sulfonamides is 1. The maximum atomic E-state index is 13.3. The van der Waals surface area contributed by atoms with Gasteiger partial charge in [0.1, 0.15) is 4.90 Å². The van der Waals surface area contributed by atoms with Crippen molar-refractivity contribution in [3.63, 3.8) is 0 Å². The highest BCUT2D eigenvalue weighted by Gasteiger charge is 2.46. The third-order valence-electron chi connectivity index (χ3n) is 5.36. The molecule has 3 rings (SSSR count). The van der Waals surface area contributed by atoms with E-state index in [1.54, 1.807) is 0 Å². The molecule has 1 saturated carbocycles. The zero-order valence-electron chi connectivity index (χ0n) is 15.8. The first-order valence-corrected chi connectivity index (χ1v) is 11.7. The van der Waals surface area contributed by atoms with Gasteiger partial charge in [0.2, 0.25) is 10.0 Å². The Labute approximate surface area is 182 Å². The van der Waals surface area contributed by atoms with Gasteiger partial charge in [-0.3, -0.25) is 4.79 Å². The van der Waals surface area contributed by atoms with Crippen molar-refractivity contribution in [2.24, 2.45) is 5.92 Å². The highest BCUT2D eigenvalue weighted by atomic mass is 35.5. The second kappa shape index (κ2) is 9.20. The van der Waals surface area contributed by atoms with E-state index < -0.39 is 34.1 Å². The summed E-state index contributed by atoms with van der Waals surface area (Å²) >= 11 is 12.2. The molecule has 1 heterocycles. The number of halogens is 5. The summed E-state index contributed by atoms with van der Waals surface area (Å²) in [5.41, 5.74) is -0.237. The van der Waals surface area contributed by atoms with Crippen LogP contribution in [0.25, 0.3) is 0 Å². The van der Waals surface area contributed by atoms with Crippen molar-refractivity contribution in [1.29, 1.82) is 0 Å². The van der Waals surface area contributed by atoms with Crippen molar-refractivity contribution in [3.8, 4) is 0 Å². The number of hydrogen-bond donors (Lipinski definition) is 1. The molecule has 1 amide bonds. The van der Waals surface area contributed by atoms with Crippen LogP contribution < -0.4 is 5.32 Å². The van der Waals surface area contributed by atoms with E-state index in [0.29, 0.717) is 12.8 Å². The fourth-order valence-corrected chi connectivity index (χ4v) is 6.01. The summed E-state index contributed by atoms with van der Waals surface area (Å²) in [6, 6.07) is 1.04. The van der Waals surface area contributed by atoms with E-state index in [1.807, 2.05) is 0 Å². The van der Waals surface area contributed by atoms with Crippen LogP contribution in [0.1, 0.15) is 36.0 Å². The van der Waals surface area contributed by atoms with Crippen molar-refractivity contribution in [3.05, 3.63) is 27.7 Å². The third-order valence-corrected chi connectivity index (χ3v) is 8.03. The van der Waals surface area contributed by atoms with Crippen LogP contribution in [0.2, 0.25) is 10.0 Å². The number of rotatable bonds is 4. The SMILES string of the molecule is O=C(NC1CCCCC1C(F)(F)F)c1cc(S(=O)(=O)N2CCOCC2)c(Cl)cc1Cl. The largest absolute Gasteiger partial charge is 0.393 e. The summed E-state index contributed by atoms with van der Waals surface area (Å²) in [4.78, 5) is 12.4. The number of alkyl halides is 3. The van der Waals surface area contributed by atoms with Gasteiger partial charge in [0.25, 0.3) is 5.91 Å². The molecule has 2 aliphatic rings. The molecule has 2 atom stereocenters. The highest BCUT2D eigenvalue weighted by molar-refractivity contribution is 7.89. The molecule has 2 fully saturated rings. The van der Waals surface area contributed by atoms with Crippen molar-refractivity contribution in [2.75, 3.05) is 26.3 Å². The Balaban J connectivity index is 1.88. The van der Waals surface area contributed by atoms with Crippen molar-refractivity contribution >= 4 is 39.1 Å². The zero-order chi connectivity index (χ0) is 22.1. The summed E-state index contributed by atoms with van der Waals surface area (Å²) in [7, 11) is -4.03. The lowest BCUT2D eigenvalue weighted by molar-refractivity contribution is -0.187. The normalized spacial score (nSPS) is 23.9. The zero-order valence-corrected chi connectivity index (χ0v) is 18.2. The molecule has 12 heteroatoms. The maximum absolute atomic E-state index is 13.3. The number of ether oxygens (including phenoxy) is 1. The molecular formula is C18H21Cl2F3N2O4S. The molecule has 1 saturated heterocycles. The van der Waals surface area contributed by atoms with Crippen LogP contribution in [0.15, 0.2) is 17.0 Å². The summed E-state index contributed by atoms with van der Waals surface area (Å²) in [5, 5.41) is 2.08. The van der Waals surface area contributed by atoms with Crippen LogP contribution in [0, 0.1) is 5.92 Å². The number of amides is 1. The Hall–Kier alpha value is -1.07. The number of benzene rings is 1. The van der Waals surface area contributed by atoms with Crippen molar-refractivity contribution in [2.45, 2.75) is 42.8 Å². The number of hydrogen-bond acceptors (Lipinski definition) is 4. The van der Waals surface area contributed by atoms with Gasteiger partial charge in [0, 0.05) is 19.1 Å². The maximum Gasteiger partial charge on any atom is 0.393 e. The Bertz CT molecular complexity index is 905. The Kier molecular flexibility index (Phi) is 7.23. The van der Waals surface area contributed by atoms with E-state index in [2.05, 4.69) is 5.32 Å². The van der Waals surface area contributed by atoms with Gasteiger partial charge in [-0.1, -0.05) is 36.0 Å². The molecule has 1 aromatic carbocycles. The van der Waals surface area contributed by atoms with E-state index in [0.717, 1.165) is 12.1 Å². The minimum absolute atomic E-state index is 0.0700. The molecule has 30 heavy (non-hydrogen) atoms. The van der Waals surface area contributed by atoms with Gasteiger partial charge in [-0.2, -0.15) is 17.5 Å². The van der Waals surface area contributed by atoms with Gasteiger partial charge >= 0.3 is 6.18 Å². The molecule has 0 radical (unpaired) electrons. The van der Waals surface area contributed by atoms with E-state index in [-0.39, 0.29) is 59.6 Å². The van der Waals surface area contributed by atoms with Gasteiger partial charge in [0.15, 0.2) is 0 Å². The molecular weight excluding hydrogens is 468 g/mol. The first-order valence-electron chi connectivity index (χ1n) is 9.46. The summed E-state index contributed by atoms with van der Waals surface area (Å²) < 4.78 is 72.1. The first kappa shape index (κ1) is 23.6. The van der Waals surface area contributed by atoms with Gasteiger partial charge in [-0.05, 0) is 25.0 Å². The fraction of sp³-hybridized carbons (Fsp3) is 0.611. The van der Waals surface area contributed by atoms with Crippen LogP contribution in [0.4, 0.5) is 13.2 Å². The van der Waals surface area contributed by atoms with Crippen molar-refractivity contribution < 1.29 is 31.1 Å². The summed E-state index contributed by atoms with van der Waals surface area (Å²) in [6.07, 6.45) is -3.34. The molecule has 168 valence electrons. The predicted octanol–water partition coefficient (Wildman–Crippen LogP) is 3.87. The van der Waals surface area contributed by atoms with Crippen LogP contribution in [0.3, 0.4) is 0 Å². The standard InChI is InChI=1S/C18H21Cl2F3N2O4S/c19-13-10-14(20)16(30(27,28)25-5-7-29-8-6-25)9-11(13)17(26)24-15-4-2-1-3-12(15)18(21,22)23/h9-10,12,15H,1-8H2,(H,24,26). The smallest absolute Gasteiger partial charge is 0.379 e. The number of carbonyl (C=O) groups is 1. The number of morpholine rings is 1. The average Bonchev–Trinajstić information content (AvgIpc) is 2.68. The van der Waals surface area contributed by atoms with Gasteiger partial charge in [-0.25, -0.2) is 8.42 Å². The second-order valence-corrected chi connectivity index (χ2v) is 10.0. The lowest BCUT2D eigenvalue weighted by atomic mass is 9.84. The van der Waals surface area contributed by atoms with E-state index in [1.165, 1.54) is 4.31 Å². The lowest BCUT2D eigenvalue weighted by Gasteiger charge is -2.33. The van der Waals surface area contributed by atoms with Crippen molar-refractivity contribution in [1.82, 2.24) is 9.62 Å². The molecule has 1 aliphatic heterocycles. The molecule has 2 unspecified atom stereocenters. The molecule has 0 spiro atoms. The van der Waals surface area contributed by atoms with Crippen LogP contribution in [-0.4, -0.2) is 57.2 Å². The number of carbonyl (C=O) groups excluding carboxylic acids is 1. The van der Waals surface area contributed by atoms with Gasteiger partial charge < -0.3 is 10.1 Å². The van der Waals surface area contributed by atoms with Gasteiger partial charge in [-0.15, -0.1) is 0 Å². The average molecular weight is 489 g/mol. The quantitative estimate of drug-likeness (QED) is 0.697. The highest BCUT2D eigenvalue weighted by Crippen LogP contribution is 2.38. The van der Waals surface area contributed by atoms with Crippen LogP contribution >= 0.6 is 23.2 Å². The first-order chi connectivity index (χ1) is 14.0. The molecule has 0 bridgehead atoms. The minimum atomic E-state index is -4.44. The van der Waals surface area contributed by atoms with Crippen LogP contribution in [-0.2, 0) is 14.8 Å². The molecule has 1 N–H and O–H groups in total. The lowest BCUT2D eigenvalue weighted by Crippen LogP contribution is -2.47. The van der Waals surface area contributed by atoms with Gasteiger partial charge in [0.05, 0.1) is 34.7 Å². The summed E-state index contributed by atoms with van der Waals surface area (Å²) in [5.74, 6) is -2.52. The number of nitrogens with zero attached hydrogens (tertiary/aromatic N) is 1. The van der Waals surface area contributed by atoms with E-state index in [9.17, 15) is 26.4 Å². The molecule has 1 aromatic rings. The topological polar surface area (TPSA) is 75.7 Å². The molecule has 6 nitrogen and oxygen atoms in total. The fourth-order valence-electron chi connectivity index (χ4n) is 3.77. The predicted molar refractivity (Wildman–Crippen MR) is 105 cm³/mol. The van der Waals surface area contributed by atoms with Crippen LogP contribution in [0.5, 0.6) is 0 Å². The number of nitrogens with one attached hydrogen (secondary N) is 1. The Morgan fingerprint density at radius 1 is 1.10 bits per heavy atom. The Morgan fingerprint density at radius 2 is 1.73 bits per heavy atom.